The van der Waals surface area contributed by atoms with Crippen molar-refractivity contribution in [2.75, 3.05) is 19.6 Å². The number of aliphatic hydroxyl groups is 1. The van der Waals surface area contributed by atoms with E-state index in [0.29, 0.717) is 0 Å². The first-order chi connectivity index (χ1) is 5.27. The zero-order valence-corrected chi connectivity index (χ0v) is 7.34. The molecule has 11 heavy (non-hydrogen) atoms. The molecule has 0 aliphatic carbocycles. The molecule has 4 N–H and O–H groups in total. The predicted molar refractivity (Wildman–Crippen MR) is 47.5 cm³/mol. The summed E-state index contributed by atoms with van der Waals surface area (Å²) in [4.78, 5) is 0. The van der Waals surface area contributed by atoms with Gasteiger partial charge in [-0.05, 0) is 45.8 Å². The first-order valence-electron chi connectivity index (χ1n) is 4.36. The van der Waals surface area contributed by atoms with E-state index < -0.39 is 0 Å². The summed E-state index contributed by atoms with van der Waals surface area (Å²) in [5.74, 6) is 0. The van der Waals surface area contributed by atoms with Gasteiger partial charge >= 0.3 is 0 Å². The average Bonchev–Trinajstić information content (AvgIpc) is 1.96. The third-order valence-corrected chi connectivity index (χ3v) is 1.53. The Labute approximate surface area is 69.0 Å². The lowest BCUT2D eigenvalue weighted by atomic mass is 10.2. The van der Waals surface area contributed by atoms with E-state index in [9.17, 15) is 0 Å². The quantitative estimate of drug-likeness (QED) is 0.462. The predicted octanol–water partition coefficient (Wildman–Crippen LogP) is 0.0858. The number of hydrogen-bond acceptors (Lipinski definition) is 3. The number of rotatable bonds is 7. The molecule has 0 heterocycles. The number of nitrogens with two attached hydrogens (primary N) is 1. The summed E-state index contributed by atoms with van der Waals surface area (Å²) in [6.45, 7) is 4.56. The molecule has 0 aliphatic heterocycles. The van der Waals surface area contributed by atoms with E-state index in [2.05, 4.69) is 5.32 Å². The molecule has 0 aromatic rings. The van der Waals surface area contributed by atoms with Crippen LogP contribution in [0.3, 0.4) is 0 Å². The molecular formula is C8H20N2O. The SMILES string of the molecule is CC(O)CCCNCCCN. The average molecular weight is 160 g/mol. The summed E-state index contributed by atoms with van der Waals surface area (Å²) in [5.41, 5.74) is 5.31. The molecule has 0 saturated carbocycles. The van der Waals surface area contributed by atoms with E-state index in [1.54, 1.807) is 0 Å². The van der Waals surface area contributed by atoms with E-state index in [1.165, 1.54) is 0 Å². The standard InChI is InChI=1S/C8H20N2O/c1-8(11)4-2-6-10-7-3-5-9/h8,10-11H,2-7,9H2,1H3. The van der Waals surface area contributed by atoms with Crippen LogP contribution >= 0.6 is 0 Å². The van der Waals surface area contributed by atoms with Gasteiger partial charge in [-0.3, -0.25) is 0 Å². The lowest BCUT2D eigenvalue weighted by Crippen LogP contribution is -2.20. The molecule has 0 fully saturated rings. The Balaban J connectivity index is 2.80. The van der Waals surface area contributed by atoms with Crippen LogP contribution in [0.15, 0.2) is 0 Å². The minimum Gasteiger partial charge on any atom is -0.393 e. The van der Waals surface area contributed by atoms with Crippen molar-refractivity contribution in [2.45, 2.75) is 32.3 Å². The molecule has 0 aromatic carbocycles. The molecule has 0 amide bonds. The van der Waals surface area contributed by atoms with Gasteiger partial charge in [0.1, 0.15) is 0 Å². The van der Waals surface area contributed by atoms with E-state index >= 15 is 0 Å². The van der Waals surface area contributed by atoms with Crippen LogP contribution in [-0.4, -0.2) is 30.8 Å². The minimum absolute atomic E-state index is 0.161. The second-order valence-corrected chi connectivity index (χ2v) is 2.88. The monoisotopic (exact) mass is 160 g/mol. The number of aliphatic hydroxyl groups excluding tert-OH is 1. The Morgan fingerprint density at radius 3 is 2.55 bits per heavy atom. The topological polar surface area (TPSA) is 58.3 Å². The van der Waals surface area contributed by atoms with Crippen LogP contribution in [0.5, 0.6) is 0 Å². The first-order valence-corrected chi connectivity index (χ1v) is 4.36. The van der Waals surface area contributed by atoms with Crippen LogP contribution in [0.1, 0.15) is 26.2 Å². The van der Waals surface area contributed by atoms with Gasteiger partial charge in [0.2, 0.25) is 0 Å². The second-order valence-electron chi connectivity index (χ2n) is 2.88. The smallest absolute Gasteiger partial charge is 0.0512 e. The van der Waals surface area contributed by atoms with Gasteiger partial charge in [-0.25, -0.2) is 0 Å². The maximum Gasteiger partial charge on any atom is 0.0512 e. The third kappa shape index (κ3) is 9.88. The van der Waals surface area contributed by atoms with Crippen molar-refractivity contribution >= 4 is 0 Å². The molecule has 0 rings (SSSR count). The molecule has 0 aromatic heterocycles. The van der Waals surface area contributed by atoms with Gasteiger partial charge in [-0.15, -0.1) is 0 Å². The number of nitrogens with one attached hydrogen (secondary N) is 1. The maximum atomic E-state index is 8.91. The Hall–Kier alpha value is -0.120. The van der Waals surface area contributed by atoms with Crippen molar-refractivity contribution in [2.24, 2.45) is 5.73 Å². The summed E-state index contributed by atoms with van der Waals surface area (Å²) in [5, 5.41) is 12.2. The molecule has 0 saturated heterocycles. The summed E-state index contributed by atoms with van der Waals surface area (Å²) >= 11 is 0. The van der Waals surface area contributed by atoms with Gasteiger partial charge in [0.25, 0.3) is 0 Å². The van der Waals surface area contributed by atoms with Crippen molar-refractivity contribution in [3.05, 3.63) is 0 Å². The van der Waals surface area contributed by atoms with Crippen molar-refractivity contribution in [3.8, 4) is 0 Å². The Bertz CT molecular complexity index is 76.5. The van der Waals surface area contributed by atoms with Gasteiger partial charge in [-0.1, -0.05) is 0 Å². The minimum atomic E-state index is -0.161. The molecule has 0 aliphatic rings. The normalized spacial score (nSPS) is 13.4. The molecule has 0 bridgehead atoms. The Morgan fingerprint density at radius 1 is 1.36 bits per heavy atom. The lowest BCUT2D eigenvalue weighted by Gasteiger charge is -2.04. The fraction of sp³-hybridized carbons (Fsp3) is 1.00. The highest BCUT2D eigenvalue weighted by atomic mass is 16.3. The molecule has 1 atom stereocenters. The van der Waals surface area contributed by atoms with Crippen LogP contribution in [0, 0.1) is 0 Å². The van der Waals surface area contributed by atoms with Crippen LogP contribution in [-0.2, 0) is 0 Å². The van der Waals surface area contributed by atoms with Crippen LogP contribution in [0.25, 0.3) is 0 Å². The molecular weight excluding hydrogens is 140 g/mol. The van der Waals surface area contributed by atoms with Gasteiger partial charge in [0, 0.05) is 0 Å². The highest BCUT2D eigenvalue weighted by molar-refractivity contribution is 4.52. The molecule has 3 nitrogen and oxygen atoms in total. The Morgan fingerprint density at radius 2 is 2.00 bits per heavy atom. The summed E-state index contributed by atoms with van der Waals surface area (Å²) < 4.78 is 0. The largest absolute Gasteiger partial charge is 0.393 e. The molecule has 0 spiro atoms. The molecule has 1 unspecified atom stereocenters. The Kier molecular flexibility index (Phi) is 7.89. The lowest BCUT2D eigenvalue weighted by molar-refractivity contribution is 0.181. The maximum absolute atomic E-state index is 8.91. The van der Waals surface area contributed by atoms with E-state index in [-0.39, 0.29) is 6.10 Å². The van der Waals surface area contributed by atoms with Crippen molar-refractivity contribution in [1.29, 1.82) is 0 Å². The van der Waals surface area contributed by atoms with Crippen LogP contribution in [0.2, 0.25) is 0 Å². The van der Waals surface area contributed by atoms with Gasteiger partial charge in [0.15, 0.2) is 0 Å². The van der Waals surface area contributed by atoms with Gasteiger partial charge in [0.05, 0.1) is 6.10 Å². The molecule has 68 valence electrons. The summed E-state index contributed by atoms with van der Waals surface area (Å²) in [6.07, 6.45) is 2.80. The molecule has 0 radical (unpaired) electrons. The third-order valence-electron chi connectivity index (χ3n) is 1.53. The zero-order valence-electron chi connectivity index (χ0n) is 7.34. The van der Waals surface area contributed by atoms with E-state index in [1.807, 2.05) is 6.92 Å². The van der Waals surface area contributed by atoms with E-state index in [4.69, 9.17) is 10.8 Å². The van der Waals surface area contributed by atoms with Crippen molar-refractivity contribution < 1.29 is 5.11 Å². The van der Waals surface area contributed by atoms with E-state index in [0.717, 1.165) is 38.9 Å². The highest BCUT2D eigenvalue weighted by Crippen LogP contribution is 1.92. The van der Waals surface area contributed by atoms with Crippen molar-refractivity contribution in [3.63, 3.8) is 0 Å². The number of hydrogen-bond donors (Lipinski definition) is 3. The highest BCUT2D eigenvalue weighted by Gasteiger charge is 1.93. The fourth-order valence-electron chi connectivity index (χ4n) is 0.875. The van der Waals surface area contributed by atoms with Crippen molar-refractivity contribution in [1.82, 2.24) is 5.32 Å². The van der Waals surface area contributed by atoms with Gasteiger partial charge in [-0.2, -0.15) is 0 Å². The van der Waals surface area contributed by atoms with Crippen LogP contribution in [0.4, 0.5) is 0 Å². The fourth-order valence-corrected chi connectivity index (χ4v) is 0.875. The van der Waals surface area contributed by atoms with Gasteiger partial charge < -0.3 is 16.2 Å². The molecule has 3 heteroatoms. The summed E-state index contributed by atoms with van der Waals surface area (Å²) in [7, 11) is 0. The first kappa shape index (κ1) is 10.9. The van der Waals surface area contributed by atoms with Crippen LogP contribution < -0.4 is 11.1 Å². The second kappa shape index (κ2) is 7.98. The zero-order chi connectivity index (χ0) is 8.53. The summed E-state index contributed by atoms with van der Waals surface area (Å²) in [6, 6.07) is 0.